The zero-order chi connectivity index (χ0) is 24.6. The molecule has 0 amide bonds. The molecule has 1 unspecified atom stereocenters. The zero-order valence-electron chi connectivity index (χ0n) is 18.6. The number of nitrogen functional groups attached to an aromatic ring is 1. The van der Waals surface area contributed by atoms with E-state index in [1.165, 1.54) is 12.1 Å². The average molecular weight is 486 g/mol. The molecule has 1 atom stereocenters. The van der Waals surface area contributed by atoms with E-state index < -0.39 is 17.8 Å². The van der Waals surface area contributed by atoms with Crippen LogP contribution in [0.3, 0.4) is 0 Å². The minimum absolute atomic E-state index is 0.162. The smallest absolute Gasteiger partial charge is 0.383 e. The number of nitrogens with two attached hydrogens (primary N) is 2. The van der Waals surface area contributed by atoms with Gasteiger partial charge in [-0.3, -0.25) is 4.68 Å². The number of nitrogens with zero attached hydrogens (tertiary/aromatic N) is 3. The van der Waals surface area contributed by atoms with Gasteiger partial charge in [0.25, 0.3) is 0 Å². The first-order chi connectivity index (χ1) is 16.1. The second-order valence-corrected chi connectivity index (χ2v) is 8.42. The Morgan fingerprint density at radius 2 is 1.62 bits per heavy atom. The van der Waals surface area contributed by atoms with Crippen LogP contribution in [0, 0.1) is 13.8 Å². The lowest BCUT2D eigenvalue weighted by molar-refractivity contribution is -0.137. The number of benzene rings is 2. The van der Waals surface area contributed by atoms with Crippen LogP contribution in [0.5, 0.6) is 0 Å². The second kappa shape index (κ2) is 9.12. The van der Waals surface area contributed by atoms with Crippen LogP contribution in [0.15, 0.2) is 60.8 Å². The molecule has 0 spiro atoms. The maximum absolute atomic E-state index is 13.0. The van der Waals surface area contributed by atoms with Gasteiger partial charge >= 0.3 is 6.18 Å². The van der Waals surface area contributed by atoms with Gasteiger partial charge in [-0.2, -0.15) is 18.3 Å². The lowest BCUT2D eigenvalue weighted by Crippen LogP contribution is -2.22. The Morgan fingerprint density at radius 3 is 2.21 bits per heavy atom. The quantitative estimate of drug-likeness (QED) is 0.361. The van der Waals surface area contributed by atoms with Crippen molar-refractivity contribution in [1.82, 2.24) is 14.8 Å². The van der Waals surface area contributed by atoms with Gasteiger partial charge in [-0.1, -0.05) is 35.9 Å². The SMILES string of the molecule is Cc1nn(C(CN)c2ccc(C(F)(F)F)cc2)c(C)c1-c1ccnc(N)c1-c1ccc(Cl)cc1. The van der Waals surface area contributed by atoms with Crippen molar-refractivity contribution in [3.8, 4) is 22.3 Å². The summed E-state index contributed by atoms with van der Waals surface area (Å²) in [6, 6.07) is 13.8. The van der Waals surface area contributed by atoms with E-state index >= 15 is 0 Å². The number of hydrogen-bond acceptors (Lipinski definition) is 4. The largest absolute Gasteiger partial charge is 0.416 e. The maximum Gasteiger partial charge on any atom is 0.416 e. The predicted molar refractivity (Wildman–Crippen MR) is 128 cm³/mol. The molecular formula is C25H23ClF3N5. The maximum atomic E-state index is 13.0. The summed E-state index contributed by atoms with van der Waals surface area (Å²) in [5, 5.41) is 5.32. The van der Waals surface area contributed by atoms with Crippen LogP contribution in [0.2, 0.25) is 5.02 Å². The van der Waals surface area contributed by atoms with Crippen LogP contribution in [0.25, 0.3) is 22.3 Å². The summed E-state index contributed by atoms with van der Waals surface area (Å²) >= 11 is 6.06. The highest BCUT2D eigenvalue weighted by atomic mass is 35.5. The summed E-state index contributed by atoms with van der Waals surface area (Å²) in [6.07, 6.45) is -2.77. The first-order valence-electron chi connectivity index (χ1n) is 10.6. The number of alkyl halides is 3. The van der Waals surface area contributed by atoms with Gasteiger partial charge in [-0.05, 0) is 60.9 Å². The van der Waals surface area contributed by atoms with E-state index in [0.29, 0.717) is 16.4 Å². The minimum Gasteiger partial charge on any atom is -0.383 e. The molecule has 0 fully saturated rings. The number of pyridine rings is 1. The summed E-state index contributed by atoms with van der Waals surface area (Å²) in [7, 11) is 0. The Kier molecular flexibility index (Phi) is 6.38. The Hall–Kier alpha value is -3.36. The molecule has 0 bridgehead atoms. The van der Waals surface area contributed by atoms with Gasteiger partial charge in [0.2, 0.25) is 0 Å². The van der Waals surface area contributed by atoms with Crippen LogP contribution in [-0.4, -0.2) is 21.3 Å². The second-order valence-electron chi connectivity index (χ2n) is 7.99. The molecule has 0 saturated carbocycles. The summed E-state index contributed by atoms with van der Waals surface area (Å²) in [4.78, 5) is 4.26. The number of rotatable bonds is 5. The number of hydrogen-bond donors (Lipinski definition) is 2. The highest BCUT2D eigenvalue weighted by molar-refractivity contribution is 6.30. The number of halogens is 4. The summed E-state index contributed by atoms with van der Waals surface area (Å²) in [5.41, 5.74) is 17.1. The van der Waals surface area contributed by atoms with Crippen molar-refractivity contribution < 1.29 is 13.2 Å². The molecule has 0 aliphatic carbocycles. The molecule has 176 valence electrons. The van der Waals surface area contributed by atoms with Crippen molar-refractivity contribution >= 4 is 17.4 Å². The highest BCUT2D eigenvalue weighted by Gasteiger charge is 2.30. The topological polar surface area (TPSA) is 82.8 Å². The first kappa shape index (κ1) is 23.8. The lowest BCUT2D eigenvalue weighted by atomic mass is 9.94. The fourth-order valence-electron chi connectivity index (χ4n) is 4.23. The molecule has 0 aliphatic rings. The summed E-state index contributed by atoms with van der Waals surface area (Å²) < 4.78 is 40.8. The monoisotopic (exact) mass is 485 g/mol. The van der Waals surface area contributed by atoms with Crippen molar-refractivity contribution in [3.63, 3.8) is 0 Å². The molecule has 2 aromatic heterocycles. The molecule has 4 rings (SSSR count). The Bertz CT molecular complexity index is 1310. The molecule has 4 N–H and O–H groups in total. The molecule has 2 aromatic carbocycles. The molecule has 2 heterocycles. The van der Waals surface area contributed by atoms with Gasteiger partial charge in [-0.25, -0.2) is 4.98 Å². The third kappa shape index (κ3) is 4.38. The van der Waals surface area contributed by atoms with Crippen LogP contribution in [0.4, 0.5) is 19.0 Å². The molecule has 0 saturated heterocycles. The summed E-state index contributed by atoms with van der Waals surface area (Å²) in [5.74, 6) is 0.365. The molecular weight excluding hydrogens is 463 g/mol. The molecule has 34 heavy (non-hydrogen) atoms. The van der Waals surface area contributed by atoms with Crippen molar-refractivity contribution in [3.05, 3.63) is 88.3 Å². The van der Waals surface area contributed by atoms with Crippen LogP contribution < -0.4 is 11.5 Å². The minimum atomic E-state index is -4.40. The molecule has 4 aromatic rings. The standard InChI is InChI=1S/C25H23ClF3N5/c1-14-22(20-11-12-32-24(31)23(20)17-5-9-19(26)10-6-17)15(2)34(33-14)21(13-30)16-3-7-18(8-4-16)25(27,28)29/h3-12,21H,13,30H2,1-2H3,(H2,31,32). The Labute approximate surface area is 200 Å². The third-order valence-corrected chi connectivity index (χ3v) is 6.10. The van der Waals surface area contributed by atoms with E-state index in [1.54, 1.807) is 23.0 Å². The van der Waals surface area contributed by atoms with Crippen molar-refractivity contribution in [2.24, 2.45) is 5.73 Å². The summed E-state index contributed by atoms with van der Waals surface area (Å²) in [6.45, 7) is 3.95. The van der Waals surface area contributed by atoms with Gasteiger partial charge in [0.15, 0.2) is 0 Å². The molecule has 9 heteroatoms. The number of aromatic nitrogens is 3. The Balaban J connectivity index is 1.82. The van der Waals surface area contributed by atoms with Crippen LogP contribution in [-0.2, 0) is 6.18 Å². The zero-order valence-corrected chi connectivity index (χ0v) is 19.3. The predicted octanol–water partition coefficient (Wildman–Crippen LogP) is 6.03. The van der Waals surface area contributed by atoms with E-state index in [-0.39, 0.29) is 6.54 Å². The number of anilines is 1. The van der Waals surface area contributed by atoms with Gasteiger partial charge in [-0.15, -0.1) is 0 Å². The fourth-order valence-corrected chi connectivity index (χ4v) is 4.36. The van der Waals surface area contributed by atoms with Crippen molar-refractivity contribution in [1.29, 1.82) is 0 Å². The lowest BCUT2D eigenvalue weighted by Gasteiger charge is -2.19. The third-order valence-electron chi connectivity index (χ3n) is 5.85. The van der Waals surface area contributed by atoms with E-state index in [1.807, 2.05) is 32.0 Å². The van der Waals surface area contributed by atoms with E-state index in [9.17, 15) is 13.2 Å². The first-order valence-corrected chi connectivity index (χ1v) is 10.9. The molecule has 0 aliphatic heterocycles. The van der Waals surface area contributed by atoms with Crippen LogP contribution >= 0.6 is 11.6 Å². The average Bonchev–Trinajstić information content (AvgIpc) is 3.08. The van der Waals surface area contributed by atoms with Gasteiger partial charge < -0.3 is 11.5 Å². The number of aryl methyl sites for hydroxylation is 1. The Morgan fingerprint density at radius 1 is 0.971 bits per heavy atom. The van der Waals surface area contributed by atoms with Gasteiger partial charge in [0.05, 0.1) is 17.3 Å². The van der Waals surface area contributed by atoms with E-state index in [4.69, 9.17) is 28.2 Å². The van der Waals surface area contributed by atoms with Gasteiger partial charge in [0.1, 0.15) is 5.82 Å². The highest BCUT2D eigenvalue weighted by Crippen LogP contribution is 2.39. The molecule has 0 radical (unpaired) electrons. The van der Waals surface area contributed by atoms with Crippen molar-refractivity contribution in [2.45, 2.75) is 26.1 Å². The van der Waals surface area contributed by atoms with E-state index in [0.717, 1.165) is 45.8 Å². The fraction of sp³-hybridized carbons (Fsp3) is 0.200. The molecule has 5 nitrogen and oxygen atoms in total. The van der Waals surface area contributed by atoms with E-state index in [2.05, 4.69) is 4.98 Å². The van der Waals surface area contributed by atoms with Crippen LogP contribution in [0.1, 0.15) is 28.6 Å². The van der Waals surface area contributed by atoms with Crippen molar-refractivity contribution in [2.75, 3.05) is 12.3 Å². The van der Waals surface area contributed by atoms with Gasteiger partial charge in [0, 0.05) is 34.6 Å². The normalized spacial score (nSPS) is 12.7.